The predicted octanol–water partition coefficient (Wildman–Crippen LogP) is 2.62. The standard InChI is InChI=1S/C18H15N5O2/c1-12-5-6-16(25-12)15-7-9-20-17-14(11-22-23(15)17)18(24)21-10-13-4-2-3-8-19-13/h2-9,11H,10H2,1H3,(H,21,24). The summed E-state index contributed by atoms with van der Waals surface area (Å²) in [5.41, 5.74) is 2.40. The van der Waals surface area contributed by atoms with Crippen LogP contribution in [0.15, 0.2) is 59.4 Å². The fraction of sp³-hybridized carbons (Fsp3) is 0.111. The van der Waals surface area contributed by atoms with E-state index in [1.165, 1.54) is 6.20 Å². The van der Waals surface area contributed by atoms with Gasteiger partial charge in [0.15, 0.2) is 11.4 Å². The molecule has 0 aliphatic heterocycles. The third-order valence-corrected chi connectivity index (χ3v) is 3.79. The van der Waals surface area contributed by atoms with Crippen LogP contribution in [0.3, 0.4) is 0 Å². The summed E-state index contributed by atoms with van der Waals surface area (Å²) in [7, 11) is 0. The zero-order chi connectivity index (χ0) is 17.2. The molecule has 0 unspecified atom stereocenters. The number of hydrogen-bond donors (Lipinski definition) is 1. The molecular formula is C18H15N5O2. The molecule has 7 nitrogen and oxygen atoms in total. The van der Waals surface area contributed by atoms with Crippen LogP contribution in [0, 0.1) is 6.92 Å². The quantitative estimate of drug-likeness (QED) is 0.620. The highest BCUT2D eigenvalue weighted by Gasteiger charge is 2.17. The second-order valence-electron chi connectivity index (χ2n) is 5.54. The Morgan fingerprint density at radius 2 is 2.08 bits per heavy atom. The van der Waals surface area contributed by atoms with Gasteiger partial charge in [0.1, 0.15) is 17.0 Å². The molecule has 4 heterocycles. The van der Waals surface area contributed by atoms with Crippen LogP contribution in [-0.4, -0.2) is 25.5 Å². The number of nitrogens with zero attached hydrogens (tertiary/aromatic N) is 4. The molecule has 0 saturated carbocycles. The normalized spacial score (nSPS) is 10.9. The van der Waals surface area contributed by atoms with Gasteiger partial charge in [-0.2, -0.15) is 5.10 Å². The summed E-state index contributed by atoms with van der Waals surface area (Å²) in [6.45, 7) is 2.22. The van der Waals surface area contributed by atoms with Gasteiger partial charge in [-0.1, -0.05) is 6.07 Å². The summed E-state index contributed by atoms with van der Waals surface area (Å²) in [6.07, 6.45) is 4.84. The number of rotatable bonds is 4. The summed E-state index contributed by atoms with van der Waals surface area (Å²) < 4.78 is 7.26. The fourth-order valence-corrected chi connectivity index (χ4v) is 2.58. The summed E-state index contributed by atoms with van der Waals surface area (Å²) in [6, 6.07) is 11.1. The second kappa shape index (κ2) is 6.20. The Morgan fingerprint density at radius 3 is 2.84 bits per heavy atom. The van der Waals surface area contributed by atoms with Crippen molar-refractivity contribution >= 4 is 11.6 Å². The largest absolute Gasteiger partial charge is 0.460 e. The molecule has 0 spiro atoms. The second-order valence-corrected chi connectivity index (χ2v) is 5.54. The Morgan fingerprint density at radius 1 is 1.16 bits per heavy atom. The number of aromatic nitrogens is 4. The van der Waals surface area contributed by atoms with Crippen molar-refractivity contribution < 1.29 is 9.21 Å². The summed E-state index contributed by atoms with van der Waals surface area (Å²) in [5.74, 6) is 1.23. The van der Waals surface area contributed by atoms with E-state index in [1.54, 1.807) is 23.0 Å². The molecule has 0 aliphatic carbocycles. The van der Waals surface area contributed by atoms with Crippen LogP contribution in [0.2, 0.25) is 0 Å². The first-order valence-corrected chi connectivity index (χ1v) is 7.80. The van der Waals surface area contributed by atoms with Crippen molar-refractivity contribution in [2.24, 2.45) is 0 Å². The van der Waals surface area contributed by atoms with Crippen molar-refractivity contribution in [1.82, 2.24) is 24.9 Å². The molecule has 0 saturated heterocycles. The monoisotopic (exact) mass is 333 g/mol. The molecule has 0 radical (unpaired) electrons. The van der Waals surface area contributed by atoms with E-state index in [0.29, 0.717) is 23.5 Å². The Hall–Kier alpha value is -3.48. The van der Waals surface area contributed by atoms with E-state index < -0.39 is 0 Å². The van der Waals surface area contributed by atoms with Crippen LogP contribution in [0.4, 0.5) is 0 Å². The van der Waals surface area contributed by atoms with Crippen molar-refractivity contribution in [3.63, 3.8) is 0 Å². The molecule has 4 aromatic rings. The van der Waals surface area contributed by atoms with E-state index in [1.807, 2.05) is 37.3 Å². The molecule has 25 heavy (non-hydrogen) atoms. The van der Waals surface area contributed by atoms with E-state index in [-0.39, 0.29) is 5.91 Å². The van der Waals surface area contributed by atoms with Gasteiger partial charge in [0, 0.05) is 12.4 Å². The van der Waals surface area contributed by atoms with Gasteiger partial charge >= 0.3 is 0 Å². The Kier molecular flexibility index (Phi) is 3.74. The molecule has 4 rings (SSSR count). The van der Waals surface area contributed by atoms with Gasteiger partial charge in [0.25, 0.3) is 5.91 Å². The van der Waals surface area contributed by atoms with Crippen LogP contribution in [0.5, 0.6) is 0 Å². The van der Waals surface area contributed by atoms with Gasteiger partial charge in [-0.3, -0.25) is 9.78 Å². The summed E-state index contributed by atoms with van der Waals surface area (Å²) in [5, 5.41) is 7.14. The Bertz CT molecular complexity index is 1040. The van der Waals surface area contributed by atoms with Crippen molar-refractivity contribution in [1.29, 1.82) is 0 Å². The maximum atomic E-state index is 12.5. The van der Waals surface area contributed by atoms with Crippen LogP contribution < -0.4 is 5.32 Å². The Labute approximate surface area is 143 Å². The molecule has 4 aromatic heterocycles. The molecule has 1 amide bonds. The molecule has 0 bridgehead atoms. The van der Waals surface area contributed by atoms with E-state index in [4.69, 9.17) is 4.42 Å². The number of hydrogen-bond acceptors (Lipinski definition) is 5. The Balaban J connectivity index is 1.63. The van der Waals surface area contributed by atoms with Crippen LogP contribution in [-0.2, 0) is 6.54 Å². The number of pyridine rings is 1. The molecule has 0 aliphatic rings. The van der Waals surface area contributed by atoms with Crippen LogP contribution in [0.25, 0.3) is 17.1 Å². The minimum atomic E-state index is -0.249. The highest BCUT2D eigenvalue weighted by atomic mass is 16.3. The average molecular weight is 333 g/mol. The number of nitrogens with one attached hydrogen (secondary N) is 1. The lowest BCUT2D eigenvalue weighted by atomic mass is 10.2. The highest BCUT2D eigenvalue weighted by molar-refractivity contribution is 5.99. The van der Waals surface area contributed by atoms with Crippen LogP contribution >= 0.6 is 0 Å². The molecule has 0 fully saturated rings. The topological polar surface area (TPSA) is 85.3 Å². The van der Waals surface area contributed by atoms with Gasteiger partial charge in [0.05, 0.1) is 18.4 Å². The molecular weight excluding hydrogens is 318 g/mol. The van der Waals surface area contributed by atoms with E-state index >= 15 is 0 Å². The zero-order valence-electron chi connectivity index (χ0n) is 13.5. The predicted molar refractivity (Wildman–Crippen MR) is 90.8 cm³/mol. The fourth-order valence-electron chi connectivity index (χ4n) is 2.58. The smallest absolute Gasteiger partial charge is 0.257 e. The lowest BCUT2D eigenvalue weighted by Crippen LogP contribution is -2.23. The molecule has 0 aromatic carbocycles. The first-order valence-electron chi connectivity index (χ1n) is 7.80. The van der Waals surface area contributed by atoms with E-state index in [0.717, 1.165) is 17.1 Å². The maximum Gasteiger partial charge on any atom is 0.257 e. The lowest BCUT2D eigenvalue weighted by Gasteiger charge is -2.04. The summed E-state index contributed by atoms with van der Waals surface area (Å²) >= 11 is 0. The van der Waals surface area contributed by atoms with Gasteiger partial charge < -0.3 is 9.73 Å². The number of amides is 1. The first kappa shape index (κ1) is 15.1. The van der Waals surface area contributed by atoms with Crippen molar-refractivity contribution in [3.8, 4) is 11.5 Å². The molecule has 1 N–H and O–H groups in total. The SMILES string of the molecule is Cc1ccc(-c2ccnc3c(C(=O)NCc4ccccn4)cnn23)o1. The third kappa shape index (κ3) is 2.87. The molecule has 124 valence electrons. The summed E-state index contributed by atoms with van der Waals surface area (Å²) in [4.78, 5) is 21.0. The van der Waals surface area contributed by atoms with Gasteiger partial charge in [0.2, 0.25) is 0 Å². The number of carbonyl (C=O) groups is 1. The molecule has 0 atom stereocenters. The van der Waals surface area contributed by atoms with Gasteiger partial charge in [-0.25, -0.2) is 9.50 Å². The minimum absolute atomic E-state index is 0.249. The van der Waals surface area contributed by atoms with Crippen molar-refractivity contribution in [2.45, 2.75) is 13.5 Å². The van der Waals surface area contributed by atoms with Gasteiger partial charge in [-0.15, -0.1) is 0 Å². The van der Waals surface area contributed by atoms with Crippen molar-refractivity contribution in [2.75, 3.05) is 0 Å². The van der Waals surface area contributed by atoms with E-state index in [9.17, 15) is 4.79 Å². The first-order chi connectivity index (χ1) is 12.2. The maximum absolute atomic E-state index is 12.5. The molecule has 7 heteroatoms. The highest BCUT2D eigenvalue weighted by Crippen LogP contribution is 2.23. The third-order valence-electron chi connectivity index (χ3n) is 3.79. The van der Waals surface area contributed by atoms with Crippen LogP contribution in [0.1, 0.15) is 21.8 Å². The number of fused-ring (bicyclic) bond motifs is 1. The van der Waals surface area contributed by atoms with E-state index in [2.05, 4.69) is 20.4 Å². The number of furan rings is 1. The minimum Gasteiger partial charge on any atom is -0.460 e. The number of aryl methyl sites for hydroxylation is 1. The average Bonchev–Trinajstić information content (AvgIpc) is 3.26. The van der Waals surface area contributed by atoms with Gasteiger partial charge in [-0.05, 0) is 37.3 Å². The number of carbonyl (C=O) groups excluding carboxylic acids is 1. The zero-order valence-corrected chi connectivity index (χ0v) is 13.5. The van der Waals surface area contributed by atoms with Crippen molar-refractivity contribution in [3.05, 3.63) is 72.0 Å². The lowest BCUT2D eigenvalue weighted by molar-refractivity contribution is 0.0952.